The molecule has 31 heteroatoms. The van der Waals surface area contributed by atoms with Crippen molar-refractivity contribution in [3.05, 3.63) is 160 Å². The van der Waals surface area contributed by atoms with E-state index < -0.39 is 95.2 Å². The van der Waals surface area contributed by atoms with Gasteiger partial charge in [-0.1, -0.05) is 35.9 Å². The van der Waals surface area contributed by atoms with Gasteiger partial charge in [-0.15, -0.1) is 13.2 Å². The second kappa shape index (κ2) is 33.1. The minimum Gasteiger partial charge on any atom is -0.496 e. The molecule has 6 aromatic rings. The van der Waals surface area contributed by atoms with Gasteiger partial charge in [0.15, 0.2) is 0 Å². The van der Waals surface area contributed by atoms with E-state index in [9.17, 15) is 77.9 Å². The number of piperidine rings is 6. The lowest BCUT2D eigenvalue weighted by atomic mass is 9.86. The maximum Gasteiger partial charge on any atom is 0.573 e. The molecular formula is C80H91ClF9N11O10. The number of carbonyl (C=O) groups is 6. The molecule has 111 heavy (non-hydrogen) atoms. The summed E-state index contributed by atoms with van der Waals surface area (Å²) in [5.41, 5.74) is 3.18. The molecule has 6 aliphatic rings. The Balaban J connectivity index is 0.733. The minimum atomic E-state index is -5.12. The van der Waals surface area contributed by atoms with Gasteiger partial charge in [0.2, 0.25) is 29.5 Å². The zero-order valence-electron chi connectivity index (χ0n) is 62.8. The molecule has 2 aromatic heterocycles. The molecule has 7 amide bonds. The van der Waals surface area contributed by atoms with Crippen LogP contribution in [0.4, 0.5) is 55.7 Å². The van der Waals surface area contributed by atoms with E-state index in [0.29, 0.717) is 94.1 Å². The number of nitrogens with one attached hydrogen (secondary N) is 4. The number of amides is 7. The van der Waals surface area contributed by atoms with E-state index in [0.717, 1.165) is 30.5 Å². The molecule has 596 valence electrons. The summed E-state index contributed by atoms with van der Waals surface area (Å²) in [6.45, 7) is 9.12. The number of likely N-dealkylation sites (tertiary alicyclic amines) is 4. The average Bonchev–Trinajstić information content (AvgIpc) is 0.784. The highest BCUT2D eigenvalue weighted by atomic mass is 35.5. The predicted octanol–water partition coefficient (Wildman–Crippen LogP) is 12.8. The van der Waals surface area contributed by atoms with Gasteiger partial charge >= 0.3 is 24.7 Å². The molecule has 4 N–H and O–H groups in total. The SMILES string of the molecule is COc1cc(-c2cn(CC3CC(N(C)C(=O)N4CCC(c5ccc(NC6CCC(=O)NC6=O)cc5C(F)(F)F)CC4)CCN3Cc3ccc(-c4cn(C)c(=O)c(C)c4C)cc3OC(F)(F)F)c(=O)c(C)c2C)cc(Cl)c1CC1CCN(CC(=O)N2CCC(c3ccc(NC4CCC(=O)NC4=O)cc3C(F)(F)F)CC2)CC1. The Hall–Kier alpha value is -9.42. The number of hydrogen-bond acceptors (Lipinski definition) is 14. The molecule has 8 heterocycles. The van der Waals surface area contributed by atoms with Gasteiger partial charge in [-0.2, -0.15) is 26.3 Å². The van der Waals surface area contributed by atoms with Gasteiger partial charge in [0.25, 0.3) is 11.1 Å². The van der Waals surface area contributed by atoms with E-state index in [1.54, 1.807) is 78.7 Å². The Morgan fingerprint density at radius 3 is 1.67 bits per heavy atom. The van der Waals surface area contributed by atoms with Crippen LogP contribution in [0.15, 0.2) is 88.7 Å². The quantitative estimate of drug-likeness (QED) is 0.0437. The van der Waals surface area contributed by atoms with Crippen molar-refractivity contribution in [3.63, 3.8) is 0 Å². The van der Waals surface area contributed by atoms with Crippen LogP contribution in [-0.2, 0) is 62.9 Å². The van der Waals surface area contributed by atoms with Crippen molar-refractivity contribution in [1.82, 2.24) is 44.3 Å². The standard InChI is InChI=1S/C80H91ClF9N11O10/c1-44-46(3)75(107)95(5)41-61(44)51-8-9-52(68(34-51)111-80(88,89)90)39-100-31-24-56(96(6)77(109)99-29-22-50(23-30-99)59-13-11-55(37-64(59)79(85,86)87)92-67-15-17-71(103)94-74(67)106)38-57(100)40-101-42-62(45(2)47(4)76(101)108)53-33-65(81)60(69(35-53)110-7)32-48-18-25-97(26-19-48)43-72(104)98-27-20-49(21-28-98)58-12-10-54(36-63(58)78(82,83)84)91-66-14-16-70(102)93-73(66)105/h8-13,33-37,41-42,48-50,56-57,66-67,91-92H,14-32,38-40,43H2,1-7H3,(H,93,102,105)(H,94,103,106). The number of anilines is 2. The molecule has 4 atom stereocenters. The summed E-state index contributed by atoms with van der Waals surface area (Å²) in [5, 5.41) is 10.5. The van der Waals surface area contributed by atoms with Crippen LogP contribution in [-0.4, -0.2) is 166 Å². The van der Waals surface area contributed by atoms with E-state index in [4.69, 9.17) is 21.1 Å². The van der Waals surface area contributed by atoms with E-state index in [2.05, 4.69) is 26.2 Å². The van der Waals surface area contributed by atoms with Crippen molar-refractivity contribution in [2.75, 3.05) is 77.1 Å². The number of imide groups is 2. The summed E-state index contributed by atoms with van der Waals surface area (Å²) < 4.78 is 146. The largest absolute Gasteiger partial charge is 0.573 e. The van der Waals surface area contributed by atoms with E-state index in [1.165, 1.54) is 42.0 Å². The second-order valence-electron chi connectivity index (χ2n) is 30.4. The molecule has 0 aliphatic carbocycles. The van der Waals surface area contributed by atoms with Gasteiger partial charge in [-0.05, 0) is 205 Å². The second-order valence-corrected chi connectivity index (χ2v) is 30.8. The van der Waals surface area contributed by atoms with Crippen LogP contribution in [0.3, 0.4) is 0 Å². The molecule has 6 aliphatic heterocycles. The third kappa shape index (κ3) is 18.5. The highest BCUT2D eigenvalue weighted by Gasteiger charge is 2.43. The van der Waals surface area contributed by atoms with E-state index >= 15 is 0 Å². The van der Waals surface area contributed by atoms with E-state index in [-0.39, 0.29) is 154 Å². The molecule has 12 rings (SSSR count). The summed E-state index contributed by atoms with van der Waals surface area (Å²) in [6.07, 6.45) is -7.34. The number of ether oxygens (including phenoxy) is 2. The maximum absolute atomic E-state index is 14.8. The first-order valence-electron chi connectivity index (χ1n) is 37.5. The van der Waals surface area contributed by atoms with Crippen LogP contribution in [0.1, 0.15) is 145 Å². The van der Waals surface area contributed by atoms with Gasteiger partial charge in [-0.25, -0.2) is 4.79 Å². The molecule has 0 bridgehead atoms. The van der Waals surface area contributed by atoms with Crippen molar-refractivity contribution in [2.24, 2.45) is 13.0 Å². The number of alkyl halides is 9. The topological polar surface area (TPSA) is 229 Å². The fourth-order valence-corrected chi connectivity index (χ4v) is 17.1. The Labute approximate surface area is 641 Å². The normalized spacial score (nSPS) is 20.4. The van der Waals surface area contributed by atoms with Gasteiger partial charge in [-0.3, -0.25) is 54.0 Å². The molecular weight excluding hydrogens is 1480 g/mol. The summed E-state index contributed by atoms with van der Waals surface area (Å²) >= 11 is 7.28. The molecule has 21 nitrogen and oxygen atoms in total. The molecule has 4 aromatic carbocycles. The lowest BCUT2D eigenvalue weighted by Gasteiger charge is -2.44. The summed E-state index contributed by atoms with van der Waals surface area (Å²) in [6, 6.07) is 12.7. The fourth-order valence-electron chi connectivity index (χ4n) is 16.8. The number of hydrogen-bond donors (Lipinski definition) is 4. The average molecular weight is 1570 g/mol. The zero-order chi connectivity index (χ0) is 79.9. The third-order valence-corrected chi connectivity index (χ3v) is 23.8. The van der Waals surface area contributed by atoms with Crippen LogP contribution in [0, 0.1) is 33.6 Å². The molecule has 6 fully saturated rings. The van der Waals surface area contributed by atoms with Crippen molar-refractivity contribution in [1.29, 1.82) is 0 Å². The highest BCUT2D eigenvalue weighted by molar-refractivity contribution is 6.32. The molecule has 0 spiro atoms. The van der Waals surface area contributed by atoms with Gasteiger partial charge < -0.3 is 43.9 Å². The number of rotatable bonds is 19. The first-order chi connectivity index (χ1) is 52.5. The first kappa shape index (κ1) is 81.1. The fraction of sp³-hybridized carbons (Fsp3) is 0.500. The number of carbonyl (C=O) groups excluding carboxylic acids is 6. The molecule has 0 saturated carbocycles. The van der Waals surface area contributed by atoms with Crippen molar-refractivity contribution < 1.29 is 77.8 Å². The summed E-state index contributed by atoms with van der Waals surface area (Å²) in [7, 11) is 4.73. The van der Waals surface area contributed by atoms with Crippen LogP contribution >= 0.6 is 11.6 Å². The molecule has 0 radical (unpaired) electrons. The van der Waals surface area contributed by atoms with Crippen molar-refractivity contribution in [3.8, 4) is 33.8 Å². The monoisotopic (exact) mass is 1570 g/mol. The van der Waals surface area contributed by atoms with Crippen LogP contribution < -0.4 is 41.9 Å². The number of benzene rings is 4. The number of halogens is 10. The highest BCUT2D eigenvalue weighted by Crippen LogP contribution is 2.45. The van der Waals surface area contributed by atoms with Crippen LogP contribution in [0.5, 0.6) is 11.5 Å². The number of aromatic nitrogens is 2. The van der Waals surface area contributed by atoms with Gasteiger partial charge in [0, 0.05) is 147 Å². The van der Waals surface area contributed by atoms with Crippen molar-refractivity contribution >= 4 is 58.5 Å². The number of nitrogens with zero attached hydrogens (tertiary/aromatic N) is 7. The minimum absolute atomic E-state index is 0.00640. The van der Waals surface area contributed by atoms with E-state index in [1.807, 2.05) is 24.0 Å². The smallest absolute Gasteiger partial charge is 0.496 e. The number of methoxy groups -OCH3 is 1. The Morgan fingerprint density at radius 1 is 0.604 bits per heavy atom. The van der Waals surface area contributed by atoms with Gasteiger partial charge in [0.1, 0.15) is 23.6 Å². The predicted molar refractivity (Wildman–Crippen MR) is 398 cm³/mol. The lowest BCUT2D eigenvalue weighted by Crippen LogP contribution is -2.55. The van der Waals surface area contributed by atoms with Gasteiger partial charge in [0.05, 0.1) is 24.8 Å². The Morgan fingerprint density at radius 2 is 1.14 bits per heavy atom. The van der Waals surface area contributed by atoms with Crippen LogP contribution in [0.25, 0.3) is 22.3 Å². The Bertz CT molecular complexity index is 4690. The summed E-state index contributed by atoms with van der Waals surface area (Å²) in [5.74, 6) is -3.13. The van der Waals surface area contributed by atoms with Crippen LogP contribution in [0.2, 0.25) is 5.02 Å². The zero-order valence-corrected chi connectivity index (χ0v) is 63.6. The number of pyridine rings is 2. The van der Waals surface area contributed by atoms with Crippen molar-refractivity contribution in [2.45, 2.75) is 179 Å². The maximum atomic E-state index is 14.8. The first-order valence-corrected chi connectivity index (χ1v) is 37.9. The third-order valence-electron chi connectivity index (χ3n) is 23.4. The number of urea groups is 1. The molecule has 6 saturated heterocycles. The summed E-state index contributed by atoms with van der Waals surface area (Å²) in [4.78, 5) is 113. The molecule has 4 unspecified atom stereocenters. The lowest BCUT2D eigenvalue weighted by molar-refractivity contribution is -0.275. The number of aryl methyl sites for hydroxylation is 1. The Kier molecular flexibility index (Phi) is 24.2.